The lowest BCUT2D eigenvalue weighted by molar-refractivity contribution is -0.384. The van der Waals surface area contributed by atoms with Crippen LogP contribution < -0.4 is 9.47 Å². The molecule has 0 radical (unpaired) electrons. The van der Waals surface area contributed by atoms with Crippen LogP contribution in [0.5, 0.6) is 11.5 Å². The molecular weight excluding hydrogens is 448 g/mol. The summed E-state index contributed by atoms with van der Waals surface area (Å²) < 4.78 is 34.9. The molecule has 0 saturated carbocycles. The summed E-state index contributed by atoms with van der Waals surface area (Å²) in [6.07, 6.45) is 1.09. The Bertz CT molecular complexity index is 1120. The molecule has 0 unspecified atom stereocenters. The maximum Gasteiger partial charge on any atom is 0.270 e. The van der Waals surface area contributed by atoms with Gasteiger partial charge in [0.1, 0.15) is 11.5 Å². The summed E-state index contributed by atoms with van der Waals surface area (Å²) in [5.74, 6) is 0.672. The van der Waals surface area contributed by atoms with Crippen LogP contribution in [-0.2, 0) is 14.6 Å². The van der Waals surface area contributed by atoms with Gasteiger partial charge in [0.05, 0.1) is 23.5 Å². The Kier molecular flexibility index (Phi) is 7.57. The lowest BCUT2D eigenvalue weighted by Crippen LogP contribution is -2.48. The standard InChI is InChI=1S/C23H28N2O7S/c1-4-16(2)24(19-11-12-33(29,30)15-19)23(26)14-32-22-10-7-18(25(27)28)13-21(22)17-5-8-20(31-3)9-6-17/h5-10,13,16,19H,4,11-12,14-15H2,1-3H3/t16-,19-/m1/s1. The van der Waals surface area contributed by atoms with Crippen molar-refractivity contribution >= 4 is 21.4 Å². The van der Waals surface area contributed by atoms with Gasteiger partial charge in [-0.15, -0.1) is 0 Å². The predicted molar refractivity (Wildman–Crippen MR) is 124 cm³/mol. The van der Waals surface area contributed by atoms with E-state index in [1.165, 1.54) is 18.2 Å². The minimum Gasteiger partial charge on any atom is -0.497 e. The van der Waals surface area contributed by atoms with Gasteiger partial charge in [-0.05, 0) is 43.5 Å². The van der Waals surface area contributed by atoms with Crippen LogP contribution in [0.2, 0.25) is 0 Å². The first-order chi connectivity index (χ1) is 15.6. The topological polar surface area (TPSA) is 116 Å². The zero-order valence-corrected chi connectivity index (χ0v) is 19.7. The molecule has 1 saturated heterocycles. The number of carbonyl (C=O) groups is 1. The normalized spacial score (nSPS) is 17.8. The zero-order chi connectivity index (χ0) is 24.2. The number of benzene rings is 2. The highest BCUT2D eigenvalue weighted by Gasteiger charge is 2.36. The van der Waals surface area contributed by atoms with E-state index < -0.39 is 14.8 Å². The lowest BCUT2D eigenvalue weighted by atomic mass is 10.0. The third-order valence-corrected chi connectivity index (χ3v) is 7.63. The first-order valence-corrected chi connectivity index (χ1v) is 12.5. The van der Waals surface area contributed by atoms with Gasteiger partial charge in [0.15, 0.2) is 16.4 Å². The van der Waals surface area contributed by atoms with Crippen molar-refractivity contribution in [3.63, 3.8) is 0 Å². The van der Waals surface area contributed by atoms with E-state index in [1.807, 2.05) is 13.8 Å². The summed E-state index contributed by atoms with van der Waals surface area (Å²) in [6, 6.07) is 10.6. The SMILES string of the molecule is CC[C@@H](C)N(C(=O)COc1ccc([N+](=O)[O-])cc1-c1ccc(OC)cc1)[C@@H]1CCS(=O)(=O)C1. The Morgan fingerprint density at radius 3 is 2.48 bits per heavy atom. The smallest absolute Gasteiger partial charge is 0.270 e. The molecule has 0 aliphatic carbocycles. The molecule has 9 nitrogen and oxygen atoms in total. The Hall–Kier alpha value is -3.14. The minimum absolute atomic E-state index is 0.0439. The molecule has 0 spiro atoms. The highest BCUT2D eigenvalue weighted by molar-refractivity contribution is 7.91. The van der Waals surface area contributed by atoms with Crippen LogP contribution in [0.25, 0.3) is 11.1 Å². The molecule has 2 aromatic rings. The summed E-state index contributed by atoms with van der Waals surface area (Å²) in [7, 11) is -1.61. The second kappa shape index (κ2) is 10.2. The fourth-order valence-electron chi connectivity index (χ4n) is 3.97. The Labute approximate surface area is 193 Å². The fraction of sp³-hybridized carbons (Fsp3) is 0.435. The van der Waals surface area contributed by atoms with Crippen molar-refractivity contribution in [1.82, 2.24) is 4.90 Å². The van der Waals surface area contributed by atoms with Gasteiger partial charge < -0.3 is 14.4 Å². The maximum atomic E-state index is 13.1. The summed E-state index contributed by atoms with van der Waals surface area (Å²) in [6.45, 7) is 3.52. The predicted octanol–water partition coefficient (Wildman–Crippen LogP) is 3.46. The monoisotopic (exact) mass is 476 g/mol. The molecule has 2 atom stereocenters. The van der Waals surface area contributed by atoms with E-state index in [0.29, 0.717) is 35.5 Å². The number of nitrogens with zero attached hydrogens (tertiary/aromatic N) is 2. The van der Waals surface area contributed by atoms with Gasteiger partial charge in [0, 0.05) is 29.8 Å². The second-order valence-electron chi connectivity index (χ2n) is 8.07. The van der Waals surface area contributed by atoms with E-state index in [4.69, 9.17) is 9.47 Å². The van der Waals surface area contributed by atoms with Gasteiger partial charge in [0.25, 0.3) is 11.6 Å². The zero-order valence-electron chi connectivity index (χ0n) is 18.9. The van der Waals surface area contributed by atoms with Crippen LogP contribution in [0.15, 0.2) is 42.5 Å². The number of amides is 1. The van der Waals surface area contributed by atoms with Crippen molar-refractivity contribution in [3.05, 3.63) is 52.6 Å². The van der Waals surface area contributed by atoms with E-state index in [-0.39, 0.29) is 41.8 Å². The summed E-state index contributed by atoms with van der Waals surface area (Å²) in [5, 5.41) is 11.3. The first-order valence-electron chi connectivity index (χ1n) is 10.7. The molecule has 2 aromatic carbocycles. The van der Waals surface area contributed by atoms with Gasteiger partial charge in [-0.25, -0.2) is 8.42 Å². The van der Waals surface area contributed by atoms with Crippen LogP contribution in [0.1, 0.15) is 26.7 Å². The Morgan fingerprint density at radius 2 is 1.94 bits per heavy atom. The van der Waals surface area contributed by atoms with Crippen LogP contribution in [-0.4, -0.2) is 61.5 Å². The van der Waals surface area contributed by atoms with Crippen LogP contribution in [0.4, 0.5) is 5.69 Å². The number of carbonyl (C=O) groups excluding carboxylic acids is 1. The average molecular weight is 477 g/mol. The molecule has 1 aliphatic heterocycles. The lowest BCUT2D eigenvalue weighted by Gasteiger charge is -2.33. The molecule has 1 fully saturated rings. The van der Waals surface area contributed by atoms with Gasteiger partial charge in [-0.3, -0.25) is 14.9 Å². The highest BCUT2D eigenvalue weighted by Crippen LogP contribution is 2.34. The number of hydrogen-bond donors (Lipinski definition) is 0. The molecule has 10 heteroatoms. The van der Waals surface area contributed by atoms with E-state index in [9.17, 15) is 23.3 Å². The van der Waals surface area contributed by atoms with E-state index in [2.05, 4.69) is 0 Å². The third-order valence-electron chi connectivity index (χ3n) is 5.88. The van der Waals surface area contributed by atoms with Crippen molar-refractivity contribution in [1.29, 1.82) is 0 Å². The molecule has 33 heavy (non-hydrogen) atoms. The highest BCUT2D eigenvalue weighted by atomic mass is 32.2. The number of nitro groups is 1. The van der Waals surface area contributed by atoms with Crippen LogP contribution in [0, 0.1) is 10.1 Å². The number of hydrogen-bond acceptors (Lipinski definition) is 7. The fourth-order valence-corrected chi connectivity index (χ4v) is 5.68. The summed E-state index contributed by atoms with van der Waals surface area (Å²) >= 11 is 0. The molecule has 1 heterocycles. The van der Waals surface area contributed by atoms with Crippen LogP contribution >= 0.6 is 0 Å². The number of sulfone groups is 1. The van der Waals surface area contributed by atoms with Crippen molar-refractivity contribution in [2.24, 2.45) is 0 Å². The maximum absolute atomic E-state index is 13.1. The summed E-state index contributed by atoms with van der Waals surface area (Å²) in [4.78, 5) is 25.5. The second-order valence-corrected chi connectivity index (χ2v) is 10.3. The quantitative estimate of drug-likeness (QED) is 0.402. The molecule has 1 amide bonds. The largest absolute Gasteiger partial charge is 0.497 e. The number of methoxy groups -OCH3 is 1. The number of nitro benzene ring substituents is 1. The molecular formula is C23H28N2O7S. The van der Waals surface area contributed by atoms with Crippen molar-refractivity contribution in [2.75, 3.05) is 25.2 Å². The molecule has 0 N–H and O–H groups in total. The van der Waals surface area contributed by atoms with Gasteiger partial charge in [-0.1, -0.05) is 19.1 Å². The molecule has 0 bridgehead atoms. The van der Waals surface area contributed by atoms with Crippen molar-refractivity contribution in [3.8, 4) is 22.6 Å². The van der Waals surface area contributed by atoms with E-state index >= 15 is 0 Å². The molecule has 0 aromatic heterocycles. The van der Waals surface area contributed by atoms with E-state index in [1.54, 1.807) is 36.3 Å². The Balaban J connectivity index is 1.85. The molecule has 1 aliphatic rings. The Morgan fingerprint density at radius 1 is 1.24 bits per heavy atom. The van der Waals surface area contributed by atoms with Crippen molar-refractivity contribution < 1.29 is 27.6 Å². The molecule has 178 valence electrons. The minimum atomic E-state index is -3.15. The third kappa shape index (κ3) is 5.81. The number of ether oxygens (including phenoxy) is 2. The van der Waals surface area contributed by atoms with Gasteiger partial charge in [-0.2, -0.15) is 0 Å². The van der Waals surface area contributed by atoms with Gasteiger partial charge in [0.2, 0.25) is 0 Å². The van der Waals surface area contributed by atoms with Gasteiger partial charge >= 0.3 is 0 Å². The average Bonchev–Trinajstić information content (AvgIpc) is 3.16. The van der Waals surface area contributed by atoms with Crippen molar-refractivity contribution in [2.45, 2.75) is 38.8 Å². The van der Waals surface area contributed by atoms with Crippen LogP contribution in [0.3, 0.4) is 0 Å². The summed E-state index contributed by atoms with van der Waals surface area (Å²) in [5.41, 5.74) is 1.04. The molecule has 3 rings (SSSR count). The van der Waals surface area contributed by atoms with E-state index in [0.717, 1.165) is 0 Å². The first kappa shape index (κ1) is 24.5. The number of rotatable bonds is 9. The number of non-ortho nitro benzene ring substituents is 1.